The lowest BCUT2D eigenvalue weighted by Crippen LogP contribution is -2.68. The van der Waals surface area contributed by atoms with Crippen molar-refractivity contribution < 1.29 is 173 Å². The summed E-state index contributed by atoms with van der Waals surface area (Å²) in [4.78, 5) is 0. The average molecular weight is 1210 g/mol. The maximum Gasteiger partial charge on any atom is 0.187 e. The van der Waals surface area contributed by atoms with E-state index >= 15 is 0 Å². The van der Waals surface area contributed by atoms with Crippen molar-refractivity contribution in [1.82, 2.24) is 0 Å². The number of pyridine rings is 1. The van der Waals surface area contributed by atoms with Gasteiger partial charge >= 0.3 is 0 Å². The van der Waals surface area contributed by atoms with Crippen LogP contribution in [0.15, 0.2) is 24.5 Å². The predicted molar refractivity (Wildman–Crippen MR) is 253 cm³/mol. The van der Waals surface area contributed by atoms with Crippen molar-refractivity contribution in [3.05, 3.63) is 30.1 Å². The maximum atomic E-state index is 11.8. The van der Waals surface area contributed by atoms with Gasteiger partial charge in [0.2, 0.25) is 0 Å². The summed E-state index contributed by atoms with van der Waals surface area (Å²) >= 11 is 0. The Labute approximate surface area is 470 Å². The third-order valence-electron chi connectivity index (χ3n) is 16.1. The largest absolute Gasteiger partial charge is 0.394 e. The van der Waals surface area contributed by atoms with Crippen LogP contribution in [0.1, 0.15) is 5.56 Å². The van der Waals surface area contributed by atoms with E-state index in [4.69, 9.17) is 66.3 Å². The number of hydrogen-bond acceptors (Lipinski definition) is 34. The third-order valence-corrected chi connectivity index (χ3v) is 16.1. The fraction of sp³-hybridized carbons (Fsp3) is 0.896. The Balaban J connectivity index is 1.02. The molecule has 20 N–H and O–H groups in total. The molecule has 21 aliphatic rings. The first-order chi connectivity index (χ1) is 39.6. The van der Waals surface area contributed by atoms with Crippen LogP contribution < -0.4 is 4.57 Å². The summed E-state index contributed by atoms with van der Waals surface area (Å²) in [7, 11) is 0. The molecule has 0 radical (unpaired) electrons. The molecule has 22 heterocycles. The molecular weight excluding hydrogens is 1130 g/mol. The lowest BCUT2D eigenvalue weighted by Gasteiger charge is -2.50. The SMILES string of the molecule is Cc1cc[n+](C[C@H]2O[C@@H]3O[C@H]4[C@H](O)[C@@H](O)[C@@H](O[C@H]5[C@H](O)[C@@H](O)[C@@H](O[C@H]6[C@H](O)[C@@H](O)[C@@H](O[C@H]7[C@H](O)[C@@H](O)[C@@H](O[C@H]8[C@H](O)[C@@H](O)[C@@H](O[C@H]9[C@H](O)[C@@H](O)[C@@H](O[C@H]2[C@H](O)[C@H]3O)O[C@@H]9CO)O[C@@H]8CO)O[C@@H]7CO)O[C@@H]6CO)O[C@@H]5CO)O[C@@H]4CO)cc1. The van der Waals surface area contributed by atoms with E-state index in [0.717, 1.165) is 5.56 Å². The van der Waals surface area contributed by atoms with Crippen molar-refractivity contribution in [2.45, 2.75) is 228 Å². The van der Waals surface area contributed by atoms with Gasteiger partial charge in [-0.05, 0) is 12.5 Å². The van der Waals surface area contributed by atoms with Gasteiger partial charge in [0.05, 0.1) is 39.6 Å². The smallest absolute Gasteiger partial charge is 0.187 e. The Morgan fingerprint density at radius 1 is 0.265 bits per heavy atom. The first-order valence-corrected chi connectivity index (χ1v) is 26.9. The molecule has 0 aliphatic carbocycles. The highest BCUT2D eigenvalue weighted by Gasteiger charge is 2.60. The Morgan fingerprint density at radius 3 is 0.614 bits per heavy atom. The molecule has 0 unspecified atom stereocenters. The van der Waals surface area contributed by atoms with Crippen molar-refractivity contribution >= 4 is 0 Å². The lowest BCUT2D eigenvalue weighted by atomic mass is 9.95. The van der Waals surface area contributed by atoms with Gasteiger partial charge in [-0.25, -0.2) is 4.57 Å². The third kappa shape index (κ3) is 13.1. The van der Waals surface area contributed by atoms with E-state index in [0.29, 0.717) is 0 Å². The summed E-state index contributed by atoms with van der Waals surface area (Å²) in [5.74, 6) is 0. The van der Waals surface area contributed by atoms with E-state index in [1.807, 2.05) is 0 Å². The second kappa shape index (κ2) is 27.7. The highest BCUT2D eigenvalue weighted by atomic mass is 16.8. The summed E-state index contributed by atoms with van der Waals surface area (Å²) in [5, 5.41) is 223. The number of aromatic nitrogens is 1. The van der Waals surface area contributed by atoms with E-state index in [-0.39, 0.29) is 6.54 Å². The molecule has 22 rings (SSSR count). The number of nitrogens with zero attached hydrogens (tertiary/aromatic N) is 1. The van der Waals surface area contributed by atoms with Crippen molar-refractivity contribution in [2.24, 2.45) is 0 Å². The predicted octanol–water partition coefficient (Wildman–Crippen LogP) is -13.9. The lowest BCUT2D eigenvalue weighted by molar-refractivity contribution is -0.707. The van der Waals surface area contributed by atoms with Gasteiger partial charge in [-0.1, -0.05) is 0 Å². The Morgan fingerprint density at radius 2 is 0.434 bits per heavy atom. The summed E-state index contributed by atoms with van der Waals surface area (Å²) in [6.45, 7) is -4.64. The maximum absolute atomic E-state index is 11.8. The van der Waals surface area contributed by atoms with E-state index in [9.17, 15) is 102 Å². The number of ether oxygens (including phenoxy) is 14. The van der Waals surface area contributed by atoms with Crippen LogP contribution in [0.3, 0.4) is 0 Å². The van der Waals surface area contributed by atoms with Gasteiger partial charge in [0.1, 0.15) is 171 Å². The fourth-order valence-corrected chi connectivity index (χ4v) is 11.3. The molecule has 35 atom stereocenters. The summed E-state index contributed by atoms with van der Waals surface area (Å²) < 4.78 is 83.0. The first kappa shape index (κ1) is 65.2. The molecule has 14 bridgehead atoms. The molecule has 21 aliphatic heterocycles. The van der Waals surface area contributed by atoms with E-state index in [1.165, 1.54) is 0 Å². The van der Waals surface area contributed by atoms with Crippen LogP contribution in [0, 0.1) is 6.92 Å². The van der Waals surface area contributed by atoms with Crippen LogP contribution in [-0.4, -0.2) is 357 Å². The van der Waals surface area contributed by atoms with Crippen LogP contribution in [0.2, 0.25) is 0 Å². The molecule has 83 heavy (non-hydrogen) atoms. The number of hydrogen-bond donors (Lipinski definition) is 20. The van der Waals surface area contributed by atoms with Gasteiger partial charge in [0, 0.05) is 12.1 Å². The van der Waals surface area contributed by atoms with Gasteiger partial charge in [-0.2, -0.15) is 0 Å². The molecule has 21 fully saturated rings. The van der Waals surface area contributed by atoms with Crippen LogP contribution in [0.5, 0.6) is 0 Å². The Kier molecular flexibility index (Phi) is 21.8. The van der Waals surface area contributed by atoms with Gasteiger partial charge in [-0.3, -0.25) is 0 Å². The van der Waals surface area contributed by atoms with Crippen molar-refractivity contribution in [3.8, 4) is 0 Å². The number of aliphatic hydroxyl groups is 20. The summed E-state index contributed by atoms with van der Waals surface area (Å²) in [6, 6.07) is 3.41. The molecule has 0 amide bonds. The minimum absolute atomic E-state index is 0.241. The zero-order valence-electron chi connectivity index (χ0n) is 44.1. The number of rotatable bonds is 8. The zero-order chi connectivity index (χ0) is 60.0. The van der Waals surface area contributed by atoms with Gasteiger partial charge in [-0.15, -0.1) is 0 Å². The topological polar surface area (TPSA) is 538 Å². The van der Waals surface area contributed by atoms with Gasteiger partial charge in [0.15, 0.2) is 63.0 Å². The Bertz CT molecular complexity index is 2170. The second-order valence-electron chi connectivity index (χ2n) is 21.5. The normalized spacial score (nSPS) is 52.2. The number of aryl methyl sites for hydroxylation is 1. The molecule has 35 nitrogen and oxygen atoms in total. The molecule has 35 heteroatoms. The fourth-order valence-electron chi connectivity index (χ4n) is 11.3. The molecule has 1 aromatic heterocycles. The molecule has 0 spiro atoms. The second-order valence-corrected chi connectivity index (χ2v) is 21.5. The average Bonchev–Trinajstić information content (AvgIpc) is 3.30. The van der Waals surface area contributed by atoms with Crippen LogP contribution in [0.25, 0.3) is 0 Å². The van der Waals surface area contributed by atoms with E-state index in [2.05, 4.69) is 0 Å². The molecule has 0 aromatic carbocycles. The van der Waals surface area contributed by atoms with Crippen LogP contribution in [0.4, 0.5) is 0 Å². The minimum atomic E-state index is -2.20. The van der Waals surface area contributed by atoms with Crippen molar-refractivity contribution in [2.75, 3.05) is 39.6 Å². The van der Waals surface area contributed by atoms with Crippen LogP contribution >= 0.6 is 0 Å². The quantitative estimate of drug-likeness (QED) is 0.107. The van der Waals surface area contributed by atoms with Crippen molar-refractivity contribution in [1.29, 1.82) is 0 Å². The highest BCUT2D eigenvalue weighted by molar-refractivity contribution is 5.04. The standard InChI is InChI=1S/C48H76NO34/c1-13-2-4-49(5-3-13)6-14-35-21(56)28(63)42(70-14)78-36-15(7-50)72-44(30(65)23(36)58)80-38-17(9-52)74-46(32(67)25(38)60)82-40-19(11-54)76-48(34(69)27(40)62)83-41-20(12-55)75-47(33(68)26(41)61)81-39-18(10-53)73-45(31(66)24(39)59)79-37-16(8-51)71-43(77-35)29(64)22(37)57/h2-5,14-48,50-69H,6-12H2,1H3/q+1/t14-,15-,16-,17-,18-,19-,20-,21-,22-,23-,24-,25-,26-,27-,28-,29-,30-,31-,32-,33-,34-,35-,36-,37-,38-,39-,40-,41-,42-,43-,44-,45-,46-,47-,48-/m1/s1. The summed E-state index contributed by atoms with van der Waals surface area (Å²) in [6.07, 6.45) is -66.0. The first-order valence-electron chi connectivity index (χ1n) is 26.9. The minimum Gasteiger partial charge on any atom is -0.394 e. The van der Waals surface area contributed by atoms with Gasteiger partial charge < -0.3 is 168 Å². The number of aliphatic hydroxyl groups excluding tert-OH is 20. The Hall–Kier alpha value is -2.21. The summed E-state index contributed by atoms with van der Waals surface area (Å²) in [5.41, 5.74) is 0.826. The highest BCUT2D eigenvalue weighted by Crippen LogP contribution is 2.39. The van der Waals surface area contributed by atoms with Gasteiger partial charge in [0.25, 0.3) is 0 Å². The molecule has 21 saturated heterocycles. The molecule has 1 aromatic rings. The molecular formula is C48H76NO34+. The van der Waals surface area contributed by atoms with Crippen molar-refractivity contribution in [3.63, 3.8) is 0 Å². The van der Waals surface area contributed by atoms with E-state index in [1.54, 1.807) is 36.0 Å². The monoisotopic (exact) mass is 1210 g/mol. The van der Waals surface area contributed by atoms with Crippen LogP contribution in [-0.2, 0) is 72.9 Å². The molecule has 476 valence electrons. The zero-order valence-corrected chi connectivity index (χ0v) is 44.1. The van der Waals surface area contributed by atoms with E-state index < -0.39 is 255 Å². The molecule has 0 saturated carbocycles.